The van der Waals surface area contributed by atoms with Gasteiger partial charge in [0.15, 0.2) is 10.4 Å². The fourth-order valence-corrected chi connectivity index (χ4v) is 3.82. The standard InChI is InChI=1S/C19H23BrN4O3.C2H6/c20-17-5-4-16(27-17)19(25)22-14-13-21-18(24-8-10-26-11-9-24)12-15(14)23-6-2-1-3-7-23;1-2/h4-5,12-13H,1-3,6-11H2,(H,22,25);1-2H3. The SMILES string of the molecule is CC.O=C(Nc1cnc(N2CCOCC2)cc1N1CCCCC1)c1ccc(Br)o1. The number of nitrogens with one attached hydrogen (secondary N) is 1. The molecule has 158 valence electrons. The number of nitrogens with zero attached hydrogens (tertiary/aromatic N) is 3. The fraction of sp³-hybridized carbons (Fsp3) is 0.524. The molecule has 7 nitrogen and oxygen atoms in total. The van der Waals surface area contributed by atoms with Crippen molar-refractivity contribution in [2.75, 3.05) is 54.5 Å². The first-order valence-corrected chi connectivity index (χ1v) is 11.1. The molecule has 2 aliphatic rings. The van der Waals surface area contributed by atoms with E-state index in [4.69, 9.17) is 9.15 Å². The highest BCUT2D eigenvalue weighted by molar-refractivity contribution is 9.10. The van der Waals surface area contributed by atoms with Crippen molar-refractivity contribution in [1.82, 2.24) is 4.98 Å². The maximum absolute atomic E-state index is 12.6. The number of halogens is 1. The molecule has 1 N–H and O–H groups in total. The number of carbonyl (C=O) groups is 1. The van der Waals surface area contributed by atoms with Crippen molar-refractivity contribution in [3.8, 4) is 0 Å². The van der Waals surface area contributed by atoms with Crippen LogP contribution in [0, 0.1) is 0 Å². The van der Waals surface area contributed by atoms with Crippen molar-refractivity contribution in [2.45, 2.75) is 33.1 Å². The molecule has 0 atom stereocenters. The number of furan rings is 1. The Bertz CT molecular complexity index is 799. The van der Waals surface area contributed by atoms with E-state index in [0.29, 0.717) is 23.6 Å². The Morgan fingerprint density at radius 2 is 1.79 bits per heavy atom. The molecular weight excluding hydrogens is 436 g/mol. The third kappa shape index (κ3) is 5.51. The number of hydrogen-bond donors (Lipinski definition) is 1. The van der Waals surface area contributed by atoms with Gasteiger partial charge in [-0.05, 0) is 47.3 Å². The monoisotopic (exact) mass is 464 g/mol. The molecule has 2 fully saturated rings. The molecule has 0 unspecified atom stereocenters. The zero-order chi connectivity index (χ0) is 20.6. The number of rotatable bonds is 4. The highest BCUT2D eigenvalue weighted by atomic mass is 79.9. The van der Waals surface area contributed by atoms with Gasteiger partial charge in [0.05, 0.1) is 30.8 Å². The van der Waals surface area contributed by atoms with Crippen molar-refractivity contribution in [2.24, 2.45) is 0 Å². The summed E-state index contributed by atoms with van der Waals surface area (Å²) in [4.78, 5) is 21.7. The number of pyridine rings is 1. The van der Waals surface area contributed by atoms with Gasteiger partial charge in [-0.25, -0.2) is 4.98 Å². The van der Waals surface area contributed by atoms with Crippen LogP contribution in [0.3, 0.4) is 0 Å². The summed E-state index contributed by atoms with van der Waals surface area (Å²) >= 11 is 3.23. The van der Waals surface area contributed by atoms with Gasteiger partial charge in [-0.15, -0.1) is 0 Å². The number of amides is 1. The highest BCUT2D eigenvalue weighted by Gasteiger charge is 2.21. The van der Waals surface area contributed by atoms with E-state index >= 15 is 0 Å². The predicted molar refractivity (Wildman–Crippen MR) is 119 cm³/mol. The number of piperidine rings is 1. The summed E-state index contributed by atoms with van der Waals surface area (Å²) in [5, 5.41) is 2.97. The van der Waals surface area contributed by atoms with Crippen LogP contribution in [0.15, 0.2) is 33.5 Å². The number of morpholine rings is 1. The van der Waals surface area contributed by atoms with Crippen LogP contribution in [0.4, 0.5) is 17.2 Å². The first-order chi connectivity index (χ1) is 14.2. The average molecular weight is 465 g/mol. The first kappa shape index (κ1) is 21.6. The molecule has 0 spiro atoms. The summed E-state index contributed by atoms with van der Waals surface area (Å²) in [6.07, 6.45) is 5.33. The second-order valence-corrected chi connectivity index (χ2v) is 7.55. The lowest BCUT2D eigenvalue weighted by Crippen LogP contribution is -2.37. The molecule has 2 aromatic heterocycles. The Hall–Kier alpha value is -2.06. The summed E-state index contributed by atoms with van der Waals surface area (Å²) in [6.45, 7) is 9.07. The lowest BCUT2D eigenvalue weighted by molar-refractivity contribution is 0.0995. The smallest absolute Gasteiger partial charge is 0.291 e. The summed E-state index contributed by atoms with van der Waals surface area (Å²) in [5.41, 5.74) is 1.73. The number of anilines is 3. The van der Waals surface area contributed by atoms with E-state index in [9.17, 15) is 4.79 Å². The summed E-state index contributed by atoms with van der Waals surface area (Å²) in [6, 6.07) is 5.44. The summed E-state index contributed by atoms with van der Waals surface area (Å²) < 4.78 is 11.3. The van der Waals surface area contributed by atoms with E-state index in [2.05, 4.69) is 42.1 Å². The van der Waals surface area contributed by atoms with Gasteiger partial charge < -0.3 is 24.3 Å². The maximum Gasteiger partial charge on any atom is 0.291 e. The van der Waals surface area contributed by atoms with E-state index in [-0.39, 0.29) is 11.7 Å². The third-order valence-corrected chi connectivity index (χ3v) is 5.37. The van der Waals surface area contributed by atoms with Crippen LogP contribution in [0.5, 0.6) is 0 Å². The Kier molecular flexibility index (Phi) is 7.94. The Morgan fingerprint density at radius 3 is 2.45 bits per heavy atom. The molecular formula is C21H29BrN4O3. The molecule has 1 amide bonds. The first-order valence-electron chi connectivity index (χ1n) is 10.3. The van der Waals surface area contributed by atoms with E-state index in [1.807, 2.05) is 13.8 Å². The minimum Gasteiger partial charge on any atom is -0.444 e. The van der Waals surface area contributed by atoms with Crippen LogP contribution >= 0.6 is 15.9 Å². The van der Waals surface area contributed by atoms with Crippen LogP contribution in [0.25, 0.3) is 0 Å². The van der Waals surface area contributed by atoms with Gasteiger partial charge in [0.1, 0.15) is 5.82 Å². The van der Waals surface area contributed by atoms with E-state index in [1.165, 1.54) is 6.42 Å². The van der Waals surface area contributed by atoms with Crippen LogP contribution in [0.2, 0.25) is 0 Å². The zero-order valence-electron chi connectivity index (χ0n) is 17.1. The molecule has 4 heterocycles. The van der Waals surface area contributed by atoms with Crippen LogP contribution in [-0.4, -0.2) is 50.3 Å². The number of aromatic nitrogens is 1. The van der Waals surface area contributed by atoms with Crippen molar-refractivity contribution in [3.63, 3.8) is 0 Å². The molecule has 0 saturated carbocycles. The molecule has 8 heteroatoms. The topological polar surface area (TPSA) is 70.8 Å². The van der Waals surface area contributed by atoms with Gasteiger partial charge >= 0.3 is 0 Å². The molecule has 0 radical (unpaired) electrons. The molecule has 0 aromatic carbocycles. The van der Waals surface area contributed by atoms with Gasteiger partial charge in [-0.3, -0.25) is 4.79 Å². The average Bonchev–Trinajstić information content (AvgIpc) is 3.23. The van der Waals surface area contributed by atoms with Gasteiger partial charge in [0.25, 0.3) is 5.91 Å². The molecule has 4 rings (SSSR count). The fourth-order valence-electron chi connectivity index (χ4n) is 3.51. The second-order valence-electron chi connectivity index (χ2n) is 6.76. The van der Waals surface area contributed by atoms with Crippen LogP contribution < -0.4 is 15.1 Å². The molecule has 2 aliphatic heterocycles. The van der Waals surface area contributed by atoms with Crippen molar-refractivity contribution >= 4 is 39.0 Å². The lowest BCUT2D eigenvalue weighted by Gasteiger charge is -2.33. The largest absolute Gasteiger partial charge is 0.444 e. The van der Waals surface area contributed by atoms with Gasteiger partial charge in [-0.1, -0.05) is 13.8 Å². The van der Waals surface area contributed by atoms with Gasteiger partial charge in [0, 0.05) is 32.2 Å². The molecule has 0 bridgehead atoms. The number of hydrogen-bond acceptors (Lipinski definition) is 6. The van der Waals surface area contributed by atoms with Gasteiger partial charge in [0.2, 0.25) is 0 Å². The molecule has 0 aliphatic carbocycles. The zero-order valence-corrected chi connectivity index (χ0v) is 18.7. The molecule has 2 aromatic rings. The quantitative estimate of drug-likeness (QED) is 0.715. The molecule has 29 heavy (non-hydrogen) atoms. The molecule has 2 saturated heterocycles. The summed E-state index contributed by atoms with van der Waals surface area (Å²) in [7, 11) is 0. The number of ether oxygens (including phenoxy) is 1. The maximum atomic E-state index is 12.6. The van der Waals surface area contributed by atoms with Crippen LogP contribution in [0.1, 0.15) is 43.7 Å². The highest BCUT2D eigenvalue weighted by Crippen LogP contribution is 2.32. The Balaban J connectivity index is 0.00000117. The van der Waals surface area contributed by atoms with Crippen molar-refractivity contribution < 1.29 is 13.9 Å². The van der Waals surface area contributed by atoms with Crippen molar-refractivity contribution in [3.05, 3.63) is 34.8 Å². The van der Waals surface area contributed by atoms with Crippen LogP contribution in [-0.2, 0) is 4.74 Å². The van der Waals surface area contributed by atoms with E-state index < -0.39 is 0 Å². The predicted octanol–water partition coefficient (Wildman–Crippen LogP) is 4.54. The van der Waals surface area contributed by atoms with Crippen molar-refractivity contribution in [1.29, 1.82) is 0 Å². The minimum absolute atomic E-state index is 0.267. The summed E-state index contributed by atoms with van der Waals surface area (Å²) in [5.74, 6) is 0.918. The van der Waals surface area contributed by atoms with Gasteiger partial charge in [-0.2, -0.15) is 0 Å². The lowest BCUT2D eigenvalue weighted by atomic mass is 10.1. The van der Waals surface area contributed by atoms with E-state index in [0.717, 1.165) is 50.5 Å². The Morgan fingerprint density at radius 1 is 1.07 bits per heavy atom. The second kappa shape index (κ2) is 10.6. The minimum atomic E-state index is -0.278. The number of carbonyl (C=O) groups excluding carboxylic acids is 1. The Labute approximate surface area is 180 Å². The normalized spacial score (nSPS) is 16.8. The third-order valence-electron chi connectivity index (χ3n) is 4.94. The van der Waals surface area contributed by atoms with E-state index in [1.54, 1.807) is 18.3 Å².